The summed E-state index contributed by atoms with van der Waals surface area (Å²) in [5.74, 6) is -1.29. The summed E-state index contributed by atoms with van der Waals surface area (Å²) in [7, 11) is 1.31. The van der Waals surface area contributed by atoms with Gasteiger partial charge in [0, 0.05) is 6.07 Å². The lowest BCUT2D eigenvalue weighted by Crippen LogP contribution is -2.26. The molecule has 0 bridgehead atoms. The average molecular weight is 297 g/mol. The molecule has 114 valence electrons. The molecular weight excluding hydrogens is 282 g/mol. The van der Waals surface area contributed by atoms with Crippen LogP contribution in [0.15, 0.2) is 12.1 Å². The Hall–Kier alpha value is -2.35. The normalized spacial score (nSPS) is 21.0. The van der Waals surface area contributed by atoms with E-state index < -0.39 is 34.4 Å². The molecule has 2 N–H and O–H groups in total. The molecule has 0 heterocycles. The minimum atomic E-state index is -1.42. The van der Waals surface area contributed by atoms with Crippen LogP contribution in [0.4, 0.5) is 5.69 Å². The highest BCUT2D eigenvalue weighted by atomic mass is 16.6. The fraction of sp³-hybridized carbons (Fsp3) is 0.462. The minimum absolute atomic E-state index is 0.0557. The molecule has 0 saturated heterocycles. The van der Waals surface area contributed by atoms with Gasteiger partial charge in [-0.25, -0.2) is 4.79 Å². The second-order valence-corrected chi connectivity index (χ2v) is 4.74. The number of nitrogens with zero attached hydrogens (tertiary/aromatic N) is 1. The molecule has 0 aliphatic heterocycles. The Morgan fingerprint density at radius 2 is 2.10 bits per heavy atom. The molecule has 1 aliphatic rings. The van der Waals surface area contributed by atoms with Crippen molar-refractivity contribution in [2.24, 2.45) is 0 Å². The Kier molecular flexibility index (Phi) is 4.27. The zero-order chi connectivity index (χ0) is 15.6. The van der Waals surface area contributed by atoms with Crippen molar-refractivity contribution in [2.75, 3.05) is 7.11 Å². The monoisotopic (exact) mass is 297 g/mol. The second-order valence-electron chi connectivity index (χ2n) is 4.74. The summed E-state index contributed by atoms with van der Waals surface area (Å²) < 4.78 is 10.6. The Labute approximate surface area is 120 Å². The summed E-state index contributed by atoms with van der Waals surface area (Å²) in [4.78, 5) is 21.2. The molecule has 0 radical (unpaired) electrons. The molecule has 2 atom stereocenters. The molecule has 1 saturated carbocycles. The van der Waals surface area contributed by atoms with Gasteiger partial charge in [0.25, 0.3) is 5.69 Å². The highest BCUT2D eigenvalue weighted by Gasteiger charge is 2.30. The van der Waals surface area contributed by atoms with Gasteiger partial charge in [0.1, 0.15) is 11.7 Å². The minimum Gasteiger partial charge on any atom is -0.493 e. The summed E-state index contributed by atoms with van der Waals surface area (Å²) in [6, 6.07) is 2.07. The Balaban J connectivity index is 2.42. The van der Waals surface area contributed by atoms with Crippen molar-refractivity contribution in [2.45, 2.75) is 31.5 Å². The second kappa shape index (κ2) is 5.96. The van der Waals surface area contributed by atoms with Crippen LogP contribution in [0.2, 0.25) is 0 Å². The Morgan fingerprint density at radius 1 is 1.38 bits per heavy atom. The highest BCUT2D eigenvalue weighted by molar-refractivity contribution is 5.93. The number of nitro benzene ring substituents is 1. The standard InChI is InChI=1S/C13H15NO7/c1-20-11-5-7(13(16)17)8(14(18)19)6-12(11)21-10-4-2-3-9(10)15/h5-6,9-10,15H,2-4H2,1H3,(H,16,17). The number of aliphatic hydroxyl groups excluding tert-OH is 1. The number of carboxylic acid groups (broad SMARTS) is 1. The topological polar surface area (TPSA) is 119 Å². The molecular formula is C13H15NO7. The summed E-state index contributed by atoms with van der Waals surface area (Å²) in [6.45, 7) is 0. The Morgan fingerprint density at radius 3 is 2.57 bits per heavy atom. The first kappa shape index (κ1) is 15.0. The maximum absolute atomic E-state index is 11.1. The van der Waals surface area contributed by atoms with Gasteiger partial charge in [0.15, 0.2) is 11.5 Å². The number of carboxylic acids is 1. The molecule has 8 nitrogen and oxygen atoms in total. The summed E-state index contributed by atoms with van der Waals surface area (Å²) in [5, 5.41) is 29.7. The van der Waals surface area contributed by atoms with E-state index in [0.717, 1.165) is 18.6 Å². The number of rotatable bonds is 5. The first-order valence-corrected chi connectivity index (χ1v) is 6.38. The van der Waals surface area contributed by atoms with E-state index in [1.165, 1.54) is 7.11 Å². The maximum atomic E-state index is 11.1. The van der Waals surface area contributed by atoms with Crippen LogP contribution < -0.4 is 9.47 Å². The van der Waals surface area contributed by atoms with Crippen molar-refractivity contribution in [1.29, 1.82) is 0 Å². The highest BCUT2D eigenvalue weighted by Crippen LogP contribution is 2.37. The molecule has 0 spiro atoms. The van der Waals surface area contributed by atoms with Crippen molar-refractivity contribution in [3.05, 3.63) is 27.8 Å². The van der Waals surface area contributed by atoms with Crippen LogP contribution in [0.1, 0.15) is 29.6 Å². The predicted molar refractivity (Wildman–Crippen MR) is 70.9 cm³/mol. The lowest BCUT2D eigenvalue weighted by atomic mass is 10.1. The van der Waals surface area contributed by atoms with Crippen LogP contribution in [0.3, 0.4) is 0 Å². The van der Waals surface area contributed by atoms with Gasteiger partial charge < -0.3 is 19.7 Å². The fourth-order valence-electron chi connectivity index (χ4n) is 2.33. The summed E-state index contributed by atoms with van der Waals surface area (Å²) >= 11 is 0. The number of nitro groups is 1. The van der Waals surface area contributed by atoms with Crippen LogP contribution in [0, 0.1) is 10.1 Å². The van der Waals surface area contributed by atoms with Gasteiger partial charge in [-0.1, -0.05) is 0 Å². The Bertz CT molecular complexity index is 572. The summed E-state index contributed by atoms with van der Waals surface area (Å²) in [6.07, 6.45) is 0.895. The zero-order valence-electron chi connectivity index (χ0n) is 11.3. The largest absolute Gasteiger partial charge is 0.493 e. The van der Waals surface area contributed by atoms with Gasteiger partial charge in [-0.2, -0.15) is 0 Å². The van der Waals surface area contributed by atoms with E-state index in [1.54, 1.807) is 0 Å². The van der Waals surface area contributed by atoms with Crippen LogP contribution in [-0.4, -0.2) is 40.4 Å². The van der Waals surface area contributed by atoms with Crippen molar-refractivity contribution in [3.63, 3.8) is 0 Å². The fourth-order valence-corrected chi connectivity index (χ4v) is 2.33. The van der Waals surface area contributed by atoms with Gasteiger partial charge in [0.05, 0.1) is 24.2 Å². The molecule has 1 aliphatic carbocycles. The van der Waals surface area contributed by atoms with Crippen molar-refractivity contribution in [3.8, 4) is 11.5 Å². The third-order valence-corrected chi connectivity index (χ3v) is 3.41. The number of ether oxygens (including phenoxy) is 2. The van der Waals surface area contributed by atoms with Gasteiger partial charge in [0.2, 0.25) is 0 Å². The van der Waals surface area contributed by atoms with E-state index in [0.29, 0.717) is 12.8 Å². The number of aliphatic hydroxyl groups is 1. The van der Waals surface area contributed by atoms with Crippen molar-refractivity contribution < 1.29 is 29.4 Å². The predicted octanol–water partition coefficient (Wildman–Crippen LogP) is 1.59. The van der Waals surface area contributed by atoms with Gasteiger partial charge in [-0.15, -0.1) is 0 Å². The summed E-state index contributed by atoms with van der Waals surface area (Å²) in [5.41, 5.74) is -1.05. The number of hydrogen-bond acceptors (Lipinski definition) is 6. The molecule has 1 aromatic rings. The molecule has 8 heteroatoms. The quantitative estimate of drug-likeness (QED) is 0.625. The van der Waals surface area contributed by atoms with Crippen LogP contribution in [0.25, 0.3) is 0 Å². The van der Waals surface area contributed by atoms with E-state index in [4.69, 9.17) is 14.6 Å². The lowest BCUT2D eigenvalue weighted by molar-refractivity contribution is -0.385. The SMILES string of the molecule is COc1cc(C(=O)O)c([N+](=O)[O-])cc1OC1CCCC1O. The van der Waals surface area contributed by atoms with E-state index in [2.05, 4.69) is 0 Å². The van der Waals surface area contributed by atoms with E-state index in [1.807, 2.05) is 0 Å². The number of carbonyl (C=O) groups is 1. The molecule has 2 unspecified atom stereocenters. The third kappa shape index (κ3) is 3.05. The van der Waals surface area contributed by atoms with Gasteiger partial charge >= 0.3 is 5.97 Å². The maximum Gasteiger partial charge on any atom is 0.342 e. The van der Waals surface area contributed by atoms with Crippen molar-refractivity contribution in [1.82, 2.24) is 0 Å². The average Bonchev–Trinajstić information content (AvgIpc) is 2.83. The first-order valence-electron chi connectivity index (χ1n) is 6.38. The third-order valence-electron chi connectivity index (χ3n) is 3.41. The lowest BCUT2D eigenvalue weighted by Gasteiger charge is -2.19. The molecule has 21 heavy (non-hydrogen) atoms. The number of aromatic carboxylic acids is 1. The van der Waals surface area contributed by atoms with Gasteiger partial charge in [-0.05, 0) is 19.3 Å². The van der Waals surface area contributed by atoms with Crippen LogP contribution in [-0.2, 0) is 0 Å². The molecule has 1 fully saturated rings. The number of benzene rings is 1. The van der Waals surface area contributed by atoms with Gasteiger partial charge in [-0.3, -0.25) is 10.1 Å². The van der Waals surface area contributed by atoms with Crippen molar-refractivity contribution >= 4 is 11.7 Å². The van der Waals surface area contributed by atoms with Crippen LogP contribution in [0.5, 0.6) is 11.5 Å². The molecule has 0 amide bonds. The smallest absolute Gasteiger partial charge is 0.342 e. The number of methoxy groups -OCH3 is 1. The zero-order valence-corrected chi connectivity index (χ0v) is 11.3. The van der Waals surface area contributed by atoms with Crippen LogP contribution >= 0.6 is 0 Å². The van der Waals surface area contributed by atoms with E-state index in [9.17, 15) is 20.0 Å². The number of hydrogen-bond donors (Lipinski definition) is 2. The van der Waals surface area contributed by atoms with E-state index >= 15 is 0 Å². The molecule has 2 rings (SSSR count). The molecule has 0 aromatic heterocycles. The first-order chi connectivity index (χ1) is 9.93. The van der Waals surface area contributed by atoms with E-state index in [-0.39, 0.29) is 11.5 Å². The molecule has 1 aromatic carbocycles.